The van der Waals surface area contributed by atoms with Gasteiger partial charge in [0.1, 0.15) is 23.5 Å². The third kappa shape index (κ3) is 4.44. The number of hydrogen-bond acceptors (Lipinski definition) is 6. The van der Waals surface area contributed by atoms with Crippen LogP contribution >= 0.6 is 0 Å². The fourth-order valence-corrected chi connectivity index (χ4v) is 3.64. The van der Waals surface area contributed by atoms with Crippen molar-refractivity contribution in [1.82, 2.24) is 14.9 Å². The molecule has 29 heavy (non-hydrogen) atoms. The van der Waals surface area contributed by atoms with Crippen LogP contribution in [-0.4, -0.2) is 52.1 Å². The van der Waals surface area contributed by atoms with Crippen LogP contribution < -0.4 is 15.4 Å². The maximum atomic E-state index is 12.4. The van der Waals surface area contributed by atoms with Gasteiger partial charge in [-0.1, -0.05) is 0 Å². The first-order valence-electron chi connectivity index (χ1n) is 10.3. The zero-order chi connectivity index (χ0) is 20.6. The highest BCUT2D eigenvalue weighted by atomic mass is 16.5. The number of benzene rings is 1. The molecule has 2 aliphatic rings. The van der Waals surface area contributed by atoms with Gasteiger partial charge in [0.25, 0.3) is 0 Å². The Kier molecular flexibility index (Phi) is 5.06. The first-order chi connectivity index (χ1) is 13.8. The number of nitrogens with zero attached hydrogens (tertiary/aromatic N) is 4. The van der Waals surface area contributed by atoms with E-state index < -0.39 is 0 Å². The van der Waals surface area contributed by atoms with E-state index >= 15 is 0 Å². The van der Waals surface area contributed by atoms with Gasteiger partial charge in [-0.2, -0.15) is 0 Å². The molecule has 1 aromatic heterocycles. The lowest BCUT2D eigenvalue weighted by molar-refractivity contribution is -0.132. The number of aromatic nitrogens is 2. The van der Waals surface area contributed by atoms with Crippen molar-refractivity contribution in [1.29, 1.82) is 0 Å². The summed E-state index contributed by atoms with van der Waals surface area (Å²) in [4.78, 5) is 25.1. The number of nitrogen functional groups attached to an aromatic ring is 1. The quantitative estimate of drug-likeness (QED) is 0.757. The molecule has 1 amide bonds. The Morgan fingerprint density at radius 2 is 2.00 bits per heavy atom. The molecule has 2 fully saturated rings. The predicted octanol–water partition coefficient (Wildman–Crippen LogP) is 2.64. The topological polar surface area (TPSA) is 84.6 Å². The van der Waals surface area contributed by atoms with E-state index in [1.807, 2.05) is 47.9 Å². The summed E-state index contributed by atoms with van der Waals surface area (Å²) in [5.74, 6) is 1.76. The average Bonchev–Trinajstić information content (AvgIpc) is 3.41. The van der Waals surface area contributed by atoms with Crippen molar-refractivity contribution in [3.63, 3.8) is 0 Å². The van der Waals surface area contributed by atoms with Crippen LogP contribution in [0.1, 0.15) is 44.9 Å². The zero-order valence-electron chi connectivity index (χ0n) is 17.4. The van der Waals surface area contributed by atoms with Crippen LogP contribution in [0.3, 0.4) is 0 Å². The van der Waals surface area contributed by atoms with E-state index in [1.54, 1.807) is 6.33 Å². The van der Waals surface area contributed by atoms with Gasteiger partial charge < -0.3 is 20.3 Å². The molecule has 0 radical (unpaired) electrons. The normalized spacial score (nSPS) is 18.3. The molecular formula is C22H29N5O2. The van der Waals surface area contributed by atoms with E-state index in [2.05, 4.69) is 16.9 Å². The highest BCUT2D eigenvalue weighted by Crippen LogP contribution is 2.40. The third-order valence-electron chi connectivity index (χ3n) is 5.72. The fourth-order valence-electron chi connectivity index (χ4n) is 3.64. The maximum absolute atomic E-state index is 12.4. The lowest BCUT2D eigenvalue weighted by atomic mass is 10.1. The lowest BCUT2D eigenvalue weighted by Crippen LogP contribution is -2.53. The molecule has 7 heteroatoms. The van der Waals surface area contributed by atoms with Crippen molar-refractivity contribution in [2.75, 3.05) is 30.3 Å². The van der Waals surface area contributed by atoms with Gasteiger partial charge >= 0.3 is 0 Å². The van der Waals surface area contributed by atoms with Crippen LogP contribution in [0.4, 0.5) is 11.5 Å². The number of ether oxygens (including phenoxy) is 1. The molecule has 2 heterocycles. The molecule has 7 nitrogen and oxygen atoms in total. The Bertz CT molecular complexity index is 910. The van der Waals surface area contributed by atoms with E-state index in [0.29, 0.717) is 19.5 Å². The van der Waals surface area contributed by atoms with Gasteiger partial charge in [-0.3, -0.25) is 4.79 Å². The summed E-state index contributed by atoms with van der Waals surface area (Å²) in [5.41, 5.74) is 8.75. The number of amides is 1. The monoisotopic (exact) mass is 395 g/mol. The summed E-state index contributed by atoms with van der Waals surface area (Å²) in [6, 6.07) is 8.00. The van der Waals surface area contributed by atoms with E-state index in [9.17, 15) is 4.79 Å². The van der Waals surface area contributed by atoms with Gasteiger partial charge in [0.05, 0.1) is 12.2 Å². The van der Waals surface area contributed by atoms with E-state index in [1.165, 1.54) is 0 Å². The maximum Gasteiger partial charge on any atom is 0.242 e. The van der Waals surface area contributed by atoms with Crippen LogP contribution in [0, 0.1) is 0 Å². The number of rotatable bonds is 6. The predicted molar refractivity (Wildman–Crippen MR) is 113 cm³/mol. The number of carbonyl (C=O) groups excluding carboxylic acids is 1. The van der Waals surface area contributed by atoms with Crippen LogP contribution in [-0.2, 0) is 11.2 Å². The Morgan fingerprint density at radius 3 is 2.69 bits per heavy atom. The van der Waals surface area contributed by atoms with E-state index in [-0.39, 0.29) is 17.6 Å². The first-order valence-corrected chi connectivity index (χ1v) is 10.3. The van der Waals surface area contributed by atoms with E-state index in [4.69, 9.17) is 10.5 Å². The first kappa shape index (κ1) is 19.5. The molecular weight excluding hydrogens is 366 g/mol. The van der Waals surface area contributed by atoms with Crippen molar-refractivity contribution >= 4 is 17.4 Å². The van der Waals surface area contributed by atoms with Gasteiger partial charge in [-0.05, 0) is 57.4 Å². The number of piperazine rings is 1. The van der Waals surface area contributed by atoms with Crippen molar-refractivity contribution in [2.24, 2.45) is 0 Å². The zero-order valence-corrected chi connectivity index (χ0v) is 17.4. The third-order valence-corrected chi connectivity index (χ3v) is 5.72. The van der Waals surface area contributed by atoms with Crippen molar-refractivity contribution < 1.29 is 9.53 Å². The Morgan fingerprint density at radius 1 is 1.21 bits per heavy atom. The molecule has 1 aliphatic heterocycles. The molecule has 1 saturated carbocycles. The summed E-state index contributed by atoms with van der Waals surface area (Å²) in [6.07, 6.45) is 4.33. The second-order valence-electron chi connectivity index (χ2n) is 8.56. The SMILES string of the molecule is CC(C)N1CCN(c2cc(Cc3cc(OC4(C)CC4)ccc3N)ncn2)CC1=O. The van der Waals surface area contributed by atoms with Crippen molar-refractivity contribution in [3.8, 4) is 5.75 Å². The van der Waals surface area contributed by atoms with Gasteiger partial charge in [-0.25, -0.2) is 9.97 Å². The second-order valence-corrected chi connectivity index (χ2v) is 8.56. The molecule has 0 spiro atoms. The minimum absolute atomic E-state index is 0.0276. The van der Waals surface area contributed by atoms with Gasteiger partial charge in [0.15, 0.2) is 0 Å². The standard InChI is InChI=1S/C22H29N5O2/c1-15(2)27-9-8-26(13-21(27)28)20-12-17(24-14-25-20)10-16-11-18(4-5-19(16)23)29-22(3)6-7-22/h4-5,11-12,14-15H,6-10,13,23H2,1-3H3. The van der Waals surface area contributed by atoms with Crippen LogP contribution in [0.2, 0.25) is 0 Å². The highest BCUT2D eigenvalue weighted by Gasteiger charge is 2.40. The van der Waals surface area contributed by atoms with Crippen LogP contribution in [0.5, 0.6) is 5.75 Å². The smallest absolute Gasteiger partial charge is 0.242 e. The molecule has 1 aliphatic carbocycles. The summed E-state index contributed by atoms with van der Waals surface area (Å²) in [5, 5.41) is 0. The molecule has 0 atom stereocenters. The summed E-state index contributed by atoms with van der Waals surface area (Å²) < 4.78 is 6.07. The Labute approximate surface area is 171 Å². The van der Waals surface area contributed by atoms with Crippen LogP contribution in [0.15, 0.2) is 30.6 Å². The summed E-state index contributed by atoms with van der Waals surface area (Å²) in [6.45, 7) is 8.04. The molecule has 2 aromatic rings. The molecule has 2 N–H and O–H groups in total. The summed E-state index contributed by atoms with van der Waals surface area (Å²) >= 11 is 0. The Hall–Kier alpha value is -2.83. The largest absolute Gasteiger partial charge is 0.488 e. The van der Waals surface area contributed by atoms with Crippen LogP contribution in [0.25, 0.3) is 0 Å². The number of nitrogens with two attached hydrogens (primary N) is 1. The Balaban J connectivity index is 1.48. The summed E-state index contributed by atoms with van der Waals surface area (Å²) in [7, 11) is 0. The van der Waals surface area contributed by atoms with Gasteiger partial charge in [0, 0.05) is 37.3 Å². The molecule has 0 bridgehead atoms. The minimum atomic E-state index is -0.0276. The molecule has 4 rings (SSSR count). The fraction of sp³-hybridized carbons (Fsp3) is 0.500. The molecule has 1 saturated heterocycles. The minimum Gasteiger partial charge on any atom is -0.488 e. The molecule has 154 valence electrons. The molecule has 0 unspecified atom stereocenters. The number of carbonyl (C=O) groups is 1. The average molecular weight is 396 g/mol. The second kappa shape index (κ2) is 7.54. The number of hydrogen-bond donors (Lipinski definition) is 1. The number of anilines is 2. The lowest BCUT2D eigenvalue weighted by Gasteiger charge is -2.37. The van der Waals surface area contributed by atoms with Crippen molar-refractivity contribution in [2.45, 2.75) is 51.7 Å². The van der Waals surface area contributed by atoms with E-state index in [0.717, 1.165) is 47.9 Å². The molecule has 1 aromatic carbocycles. The highest BCUT2D eigenvalue weighted by molar-refractivity contribution is 5.82. The van der Waals surface area contributed by atoms with Crippen molar-refractivity contribution in [3.05, 3.63) is 41.9 Å². The van der Waals surface area contributed by atoms with Gasteiger partial charge in [-0.15, -0.1) is 0 Å². The van der Waals surface area contributed by atoms with Gasteiger partial charge in [0.2, 0.25) is 5.91 Å².